The summed E-state index contributed by atoms with van der Waals surface area (Å²) in [5.41, 5.74) is 0. The van der Waals surface area contributed by atoms with Gasteiger partial charge in [0.2, 0.25) is 0 Å². The first-order valence-corrected chi connectivity index (χ1v) is 13.3. The second-order valence-electron chi connectivity index (χ2n) is 6.96. The number of aliphatic hydroxyl groups excluding tert-OH is 4. The van der Waals surface area contributed by atoms with Crippen LogP contribution in [-0.2, 0) is 14.2 Å². The van der Waals surface area contributed by atoms with Crippen LogP contribution in [-0.4, -0.2) is 86.5 Å². The molecule has 0 unspecified atom stereocenters. The van der Waals surface area contributed by atoms with E-state index >= 15 is 0 Å². The van der Waals surface area contributed by atoms with Crippen LogP contribution in [0, 0.1) is 0 Å². The van der Waals surface area contributed by atoms with Gasteiger partial charge in [-0.25, -0.2) is 0 Å². The molecule has 0 aliphatic carbocycles. The van der Waals surface area contributed by atoms with Gasteiger partial charge in [-0.05, 0) is 39.5 Å². The molecule has 35 heavy (non-hydrogen) atoms. The van der Waals surface area contributed by atoms with E-state index in [9.17, 15) is 0 Å². The lowest BCUT2D eigenvalue weighted by Gasteiger charge is -1.99. The van der Waals surface area contributed by atoms with Crippen molar-refractivity contribution in [1.82, 2.24) is 0 Å². The summed E-state index contributed by atoms with van der Waals surface area (Å²) in [7, 11) is 0. The molecule has 0 aromatic carbocycles. The van der Waals surface area contributed by atoms with Gasteiger partial charge >= 0.3 is 0 Å². The third kappa shape index (κ3) is 123. The molecule has 0 aromatic heterocycles. The summed E-state index contributed by atoms with van der Waals surface area (Å²) in [5.74, 6) is 0. The molecule has 0 fully saturated rings. The van der Waals surface area contributed by atoms with Crippen molar-refractivity contribution in [1.29, 1.82) is 0 Å². The molecule has 0 atom stereocenters. The van der Waals surface area contributed by atoms with Gasteiger partial charge in [-0.15, -0.1) is 13.2 Å². The highest BCUT2D eigenvalue weighted by Crippen LogP contribution is 1.92. The molecule has 0 amide bonds. The lowest BCUT2D eigenvalue weighted by atomic mass is 10.3. The van der Waals surface area contributed by atoms with E-state index in [4.69, 9.17) is 29.9 Å². The van der Waals surface area contributed by atoms with Gasteiger partial charge in [0.15, 0.2) is 0 Å². The van der Waals surface area contributed by atoms with E-state index in [2.05, 4.69) is 45.6 Å². The number of rotatable bonds is 17. The molecule has 4 N–H and O–H groups in total. The van der Waals surface area contributed by atoms with E-state index < -0.39 is 0 Å². The average molecular weight is 513 g/mol. The minimum atomic E-state index is -0.125. The van der Waals surface area contributed by atoms with Crippen molar-refractivity contribution in [2.75, 3.05) is 66.1 Å². The zero-order valence-corrected chi connectivity index (χ0v) is 24.3. The molecule has 7 heteroatoms. The molecule has 0 saturated heterocycles. The van der Waals surface area contributed by atoms with Crippen LogP contribution in [0.25, 0.3) is 0 Å². The molecule has 0 spiro atoms. The van der Waals surface area contributed by atoms with Gasteiger partial charge in [-0.2, -0.15) is 0 Å². The fourth-order valence-electron chi connectivity index (χ4n) is 1.42. The summed E-state index contributed by atoms with van der Waals surface area (Å²) in [4.78, 5) is 0. The van der Waals surface area contributed by atoms with Crippen molar-refractivity contribution in [3.8, 4) is 0 Å². The molecule has 0 aliphatic rings. The lowest BCUT2D eigenvalue weighted by molar-refractivity contribution is 0.0650. The molecule has 0 rings (SSSR count). The van der Waals surface area contributed by atoms with Gasteiger partial charge in [-0.1, -0.05) is 65.5 Å². The SMILES string of the molecule is C=CC.C=CC.CCCCOCCCC.CCCCOCCCC.OCCO.OCCOCCO. The molecule has 0 bridgehead atoms. The van der Waals surface area contributed by atoms with Gasteiger partial charge in [0.05, 0.1) is 39.6 Å². The minimum Gasteiger partial charge on any atom is -0.394 e. The van der Waals surface area contributed by atoms with E-state index in [0.717, 1.165) is 26.4 Å². The Balaban J connectivity index is -0.0000000762. The van der Waals surface area contributed by atoms with Crippen molar-refractivity contribution in [2.24, 2.45) is 0 Å². The van der Waals surface area contributed by atoms with Crippen LogP contribution in [0.4, 0.5) is 0 Å². The summed E-state index contributed by atoms with van der Waals surface area (Å²) in [6.45, 7) is 23.5. The van der Waals surface area contributed by atoms with Gasteiger partial charge in [-0.3, -0.25) is 0 Å². The Morgan fingerprint density at radius 2 is 0.657 bits per heavy atom. The Bertz CT molecular complexity index is 240. The highest BCUT2D eigenvalue weighted by atomic mass is 16.5. The quantitative estimate of drug-likeness (QED) is 0.149. The Morgan fingerprint density at radius 1 is 0.457 bits per heavy atom. The number of ether oxygens (including phenoxy) is 3. The summed E-state index contributed by atoms with van der Waals surface area (Å²) in [5, 5.41) is 31.4. The molecule has 0 heterocycles. The Kier molecular flexibility index (Phi) is 94.6. The summed E-state index contributed by atoms with van der Waals surface area (Å²) < 4.78 is 15.3. The first-order valence-electron chi connectivity index (χ1n) is 13.3. The third-order valence-corrected chi connectivity index (χ3v) is 3.14. The van der Waals surface area contributed by atoms with Crippen LogP contribution in [0.3, 0.4) is 0 Å². The Morgan fingerprint density at radius 3 is 0.800 bits per heavy atom. The molecule has 7 nitrogen and oxygen atoms in total. The standard InChI is InChI=1S/2C8H18O.C4H10O3.2C3H6.C2H6O2/c2*1-3-5-7-9-8-6-4-2;5-1-3-7-4-2-6;2*1-3-2;3-1-2-4/h2*3-8H2,1-2H3;5-6H,1-4H2;2*3H,1H2,2H3;3-4H,1-2H2. The summed E-state index contributed by atoms with van der Waals surface area (Å²) >= 11 is 0. The fraction of sp³-hybridized carbons (Fsp3) is 0.857. The van der Waals surface area contributed by atoms with Crippen LogP contribution in [0.2, 0.25) is 0 Å². The van der Waals surface area contributed by atoms with E-state index in [1.165, 1.54) is 51.4 Å². The van der Waals surface area contributed by atoms with Crippen molar-refractivity contribution in [3.63, 3.8) is 0 Å². The van der Waals surface area contributed by atoms with Gasteiger partial charge in [0.25, 0.3) is 0 Å². The van der Waals surface area contributed by atoms with Crippen molar-refractivity contribution < 1.29 is 34.6 Å². The van der Waals surface area contributed by atoms with Crippen molar-refractivity contribution in [3.05, 3.63) is 25.3 Å². The molecule has 0 saturated carbocycles. The molecule has 0 aromatic rings. The molecule has 0 aliphatic heterocycles. The summed E-state index contributed by atoms with van der Waals surface area (Å²) in [6.07, 6.45) is 13.3. The first kappa shape index (κ1) is 47.4. The second-order valence-corrected chi connectivity index (χ2v) is 6.96. The molecule has 218 valence electrons. The van der Waals surface area contributed by atoms with Gasteiger partial charge in [0, 0.05) is 26.4 Å². The van der Waals surface area contributed by atoms with Gasteiger partial charge < -0.3 is 34.6 Å². The van der Waals surface area contributed by atoms with Crippen LogP contribution in [0.1, 0.15) is 92.9 Å². The van der Waals surface area contributed by atoms with Crippen LogP contribution >= 0.6 is 0 Å². The number of unbranched alkanes of at least 4 members (excludes halogenated alkanes) is 4. The maximum atomic E-state index is 8.09. The zero-order valence-electron chi connectivity index (χ0n) is 24.3. The second kappa shape index (κ2) is 69.8. The predicted molar refractivity (Wildman–Crippen MR) is 152 cm³/mol. The minimum absolute atomic E-state index is 0.0278. The average Bonchev–Trinajstić information content (AvgIpc) is 2.86. The fourth-order valence-corrected chi connectivity index (χ4v) is 1.42. The van der Waals surface area contributed by atoms with E-state index in [-0.39, 0.29) is 26.4 Å². The smallest absolute Gasteiger partial charge is 0.0698 e. The van der Waals surface area contributed by atoms with E-state index in [1.54, 1.807) is 12.2 Å². The number of hydrogen-bond donors (Lipinski definition) is 4. The third-order valence-electron chi connectivity index (χ3n) is 3.14. The van der Waals surface area contributed by atoms with E-state index in [0.29, 0.717) is 13.2 Å². The number of hydrogen-bond acceptors (Lipinski definition) is 7. The zero-order chi connectivity index (χ0) is 28.3. The van der Waals surface area contributed by atoms with Crippen molar-refractivity contribution >= 4 is 0 Å². The maximum absolute atomic E-state index is 8.09. The first-order chi connectivity index (χ1) is 17.0. The normalized spacial score (nSPS) is 8.63. The Hall–Kier alpha value is -0.800. The number of allylic oxidation sites excluding steroid dienone is 2. The lowest BCUT2D eigenvalue weighted by Crippen LogP contribution is -2.03. The summed E-state index contributed by atoms with van der Waals surface area (Å²) in [6, 6.07) is 0. The predicted octanol–water partition coefficient (Wildman–Crippen LogP) is 5.55. The van der Waals surface area contributed by atoms with E-state index in [1.807, 2.05) is 13.8 Å². The highest BCUT2D eigenvalue weighted by Gasteiger charge is 1.85. The highest BCUT2D eigenvalue weighted by molar-refractivity contribution is 4.52. The van der Waals surface area contributed by atoms with Crippen LogP contribution in [0.15, 0.2) is 25.3 Å². The van der Waals surface area contributed by atoms with Gasteiger partial charge in [0.1, 0.15) is 0 Å². The molecular formula is C28H64O7. The van der Waals surface area contributed by atoms with Crippen molar-refractivity contribution in [2.45, 2.75) is 92.9 Å². The molecular weight excluding hydrogens is 448 g/mol. The molecule has 0 radical (unpaired) electrons. The van der Waals surface area contributed by atoms with Crippen LogP contribution < -0.4 is 0 Å². The number of aliphatic hydroxyl groups is 4. The topological polar surface area (TPSA) is 109 Å². The largest absolute Gasteiger partial charge is 0.394 e. The maximum Gasteiger partial charge on any atom is 0.0698 e. The monoisotopic (exact) mass is 512 g/mol. The Labute approximate surface area is 219 Å². The van der Waals surface area contributed by atoms with Crippen LogP contribution in [0.5, 0.6) is 0 Å².